The lowest BCUT2D eigenvalue weighted by molar-refractivity contribution is -0.384. The summed E-state index contributed by atoms with van der Waals surface area (Å²) in [5.74, 6) is -0.246. The van der Waals surface area contributed by atoms with Crippen molar-refractivity contribution in [3.63, 3.8) is 0 Å². The first-order chi connectivity index (χ1) is 11.8. The Morgan fingerprint density at radius 1 is 1.28 bits per heavy atom. The Hall–Kier alpha value is -2.68. The van der Waals surface area contributed by atoms with Crippen LogP contribution in [0.2, 0.25) is 0 Å². The predicted octanol–water partition coefficient (Wildman–Crippen LogP) is 1.55. The summed E-state index contributed by atoms with van der Waals surface area (Å²) < 4.78 is 16.5. The molecule has 9 heteroatoms. The Balaban J connectivity index is 2.05. The van der Waals surface area contributed by atoms with Gasteiger partial charge in [-0.15, -0.1) is 0 Å². The Bertz CT molecular complexity index is 632. The monoisotopic (exact) mass is 352 g/mol. The van der Waals surface area contributed by atoms with Gasteiger partial charge in [0.15, 0.2) is 0 Å². The number of hydrogen-bond donors (Lipinski definition) is 1. The van der Waals surface area contributed by atoms with Gasteiger partial charge in [0.1, 0.15) is 12.4 Å². The number of hydrogen-bond acceptors (Lipinski definition) is 7. The highest BCUT2D eigenvalue weighted by atomic mass is 16.7. The Morgan fingerprint density at radius 3 is 2.52 bits per heavy atom. The summed E-state index contributed by atoms with van der Waals surface area (Å²) in [5, 5.41) is 13.5. The van der Waals surface area contributed by atoms with E-state index in [-0.39, 0.29) is 30.3 Å². The molecule has 0 radical (unpaired) electrons. The first-order valence-electron chi connectivity index (χ1n) is 7.82. The zero-order valence-corrected chi connectivity index (χ0v) is 14.0. The number of rotatable bonds is 6. The van der Waals surface area contributed by atoms with Gasteiger partial charge < -0.3 is 19.5 Å². The number of ether oxygens (including phenoxy) is 3. The van der Waals surface area contributed by atoms with E-state index in [1.807, 2.05) is 0 Å². The predicted molar refractivity (Wildman–Crippen MR) is 85.9 cm³/mol. The summed E-state index contributed by atoms with van der Waals surface area (Å²) in [7, 11) is 0. The van der Waals surface area contributed by atoms with Crippen LogP contribution < -0.4 is 10.1 Å². The summed E-state index contributed by atoms with van der Waals surface area (Å²) in [6.07, 6.45) is 0.0400. The molecule has 3 unspecified atom stereocenters. The summed E-state index contributed by atoms with van der Waals surface area (Å²) in [5.41, 5.74) is -0.0527. The lowest BCUT2D eigenvalue weighted by Gasteiger charge is -2.36. The number of non-ortho nitro benzene ring substituents is 1. The number of esters is 1. The number of nitro groups is 1. The van der Waals surface area contributed by atoms with E-state index in [9.17, 15) is 19.7 Å². The molecule has 2 rings (SSSR count). The van der Waals surface area contributed by atoms with Crippen molar-refractivity contribution >= 4 is 17.6 Å². The average molecular weight is 352 g/mol. The minimum atomic E-state index is -0.792. The standard InChI is InChI=1S/C16H20N2O7/c1-10(19)17-15-8-7-14(9-23-11(2)20)25-16(15)24-13-5-3-12(4-6-13)18(21)22/h3-6,14-16H,7-9H2,1-2H3,(H,17,19). The Labute approximate surface area is 144 Å². The van der Waals surface area contributed by atoms with Gasteiger partial charge in [0, 0.05) is 26.0 Å². The Kier molecular flexibility index (Phi) is 6.29. The van der Waals surface area contributed by atoms with Crippen LogP contribution in [0.15, 0.2) is 24.3 Å². The number of nitro benzene ring substituents is 1. The van der Waals surface area contributed by atoms with Gasteiger partial charge in [-0.2, -0.15) is 0 Å². The highest BCUT2D eigenvalue weighted by Crippen LogP contribution is 2.25. The van der Waals surface area contributed by atoms with Crippen LogP contribution in [-0.2, 0) is 19.1 Å². The molecule has 1 aliphatic heterocycles. The van der Waals surface area contributed by atoms with Gasteiger partial charge in [-0.3, -0.25) is 19.7 Å². The lowest BCUT2D eigenvalue weighted by Crippen LogP contribution is -2.52. The molecule has 0 bridgehead atoms. The maximum Gasteiger partial charge on any atom is 0.302 e. The fourth-order valence-corrected chi connectivity index (χ4v) is 2.48. The van der Waals surface area contributed by atoms with Crippen LogP contribution in [-0.4, -0.2) is 41.8 Å². The van der Waals surface area contributed by atoms with E-state index in [0.717, 1.165) is 0 Å². The minimum Gasteiger partial charge on any atom is -0.463 e. The third kappa shape index (κ3) is 5.71. The van der Waals surface area contributed by atoms with Crippen LogP contribution in [0.5, 0.6) is 5.75 Å². The van der Waals surface area contributed by atoms with Crippen LogP contribution >= 0.6 is 0 Å². The first-order valence-corrected chi connectivity index (χ1v) is 7.82. The van der Waals surface area contributed by atoms with Crippen molar-refractivity contribution in [2.75, 3.05) is 6.61 Å². The first kappa shape index (κ1) is 18.7. The smallest absolute Gasteiger partial charge is 0.302 e. The molecule has 136 valence electrons. The number of carbonyl (C=O) groups is 2. The molecule has 0 saturated carbocycles. The number of carbonyl (C=O) groups excluding carboxylic acids is 2. The molecule has 0 aliphatic carbocycles. The van der Waals surface area contributed by atoms with Crippen LogP contribution in [0.4, 0.5) is 5.69 Å². The lowest BCUT2D eigenvalue weighted by atomic mass is 10.0. The number of amides is 1. The van der Waals surface area contributed by atoms with Crippen LogP contribution in [0.1, 0.15) is 26.7 Å². The zero-order valence-electron chi connectivity index (χ0n) is 14.0. The second-order valence-electron chi connectivity index (χ2n) is 5.68. The van der Waals surface area contributed by atoms with Crippen LogP contribution in [0.3, 0.4) is 0 Å². The van der Waals surface area contributed by atoms with Crippen LogP contribution in [0, 0.1) is 10.1 Å². The number of benzene rings is 1. The fourth-order valence-electron chi connectivity index (χ4n) is 2.48. The third-order valence-electron chi connectivity index (χ3n) is 3.62. The van der Waals surface area contributed by atoms with Gasteiger partial charge in [0.05, 0.1) is 17.1 Å². The molecule has 1 aliphatic rings. The molecule has 9 nitrogen and oxygen atoms in total. The molecule has 1 saturated heterocycles. The zero-order chi connectivity index (χ0) is 18.4. The second kappa shape index (κ2) is 8.43. The molecule has 1 fully saturated rings. The van der Waals surface area contributed by atoms with Crippen molar-refractivity contribution in [1.82, 2.24) is 5.32 Å². The summed E-state index contributed by atoms with van der Waals surface area (Å²) in [6.45, 7) is 2.81. The highest BCUT2D eigenvalue weighted by molar-refractivity contribution is 5.73. The Morgan fingerprint density at radius 2 is 1.96 bits per heavy atom. The molecule has 1 N–H and O–H groups in total. The third-order valence-corrected chi connectivity index (χ3v) is 3.62. The summed E-state index contributed by atoms with van der Waals surface area (Å²) in [4.78, 5) is 32.5. The quantitative estimate of drug-likeness (QED) is 0.469. The molecule has 1 aromatic carbocycles. The van der Waals surface area contributed by atoms with Crippen molar-refractivity contribution < 1.29 is 28.7 Å². The molecular weight excluding hydrogens is 332 g/mol. The summed E-state index contributed by atoms with van der Waals surface area (Å²) >= 11 is 0. The summed E-state index contributed by atoms with van der Waals surface area (Å²) in [6, 6.07) is 5.19. The molecule has 1 amide bonds. The molecule has 1 heterocycles. The van der Waals surface area contributed by atoms with Crippen LogP contribution in [0.25, 0.3) is 0 Å². The topological polar surface area (TPSA) is 117 Å². The fraction of sp³-hybridized carbons (Fsp3) is 0.500. The molecule has 1 aromatic rings. The SMILES string of the molecule is CC(=O)NC1CCC(COC(C)=O)OC1Oc1ccc([N+](=O)[O-])cc1. The van der Waals surface area contributed by atoms with Gasteiger partial charge in [0.2, 0.25) is 12.2 Å². The van der Waals surface area contributed by atoms with E-state index in [4.69, 9.17) is 14.2 Å². The van der Waals surface area contributed by atoms with Gasteiger partial charge in [-0.1, -0.05) is 0 Å². The maximum absolute atomic E-state index is 11.4. The minimum absolute atomic E-state index is 0.0527. The van der Waals surface area contributed by atoms with Crippen molar-refractivity contribution in [2.45, 2.75) is 45.1 Å². The highest BCUT2D eigenvalue weighted by Gasteiger charge is 2.34. The maximum atomic E-state index is 11.4. The molecule has 3 atom stereocenters. The van der Waals surface area contributed by atoms with Crippen molar-refractivity contribution in [1.29, 1.82) is 0 Å². The molecular formula is C16H20N2O7. The van der Waals surface area contributed by atoms with E-state index in [1.54, 1.807) is 0 Å². The molecule has 25 heavy (non-hydrogen) atoms. The van der Waals surface area contributed by atoms with Gasteiger partial charge in [0.25, 0.3) is 5.69 Å². The number of nitrogens with zero attached hydrogens (tertiary/aromatic N) is 1. The van der Waals surface area contributed by atoms with E-state index < -0.39 is 17.2 Å². The van der Waals surface area contributed by atoms with Gasteiger partial charge in [-0.25, -0.2) is 0 Å². The average Bonchev–Trinajstić information content (AvgIpc) is 2.55. The second-order valence-corrected chi connectivity index (χ2v) is 5.68. The van der Waals surface area contributed by atoms with E-state index in [1.165, 1.54) is 38.1 Å². The van der Waals surface area contributed by atoms with Gasteiger partial charge in [-0.05, 0) is 25.0 Å². The van der Waals surface area contributed by atoms with Crippen molar-refractivity contribution in [2.24, 2.45) is 0 Å². The van der Waals surface area contributed by atoms with Crippen molar-refractivity contribution in [3.05, 3.63) is 34.4 Å². The largest absolute Gasteiger partial charge is 0.463 e. The molecule has 0 spiro atoms. The normalized spacial score (nSPS) is 22.7. The molecule has 0 aromatic heterocycles. The van der Waals surface area contributed by atoms with E-state index in [0.29, 0.717) is 18.6 Å². The van der Waals surface area contributed by atoms with Crippen molar-refractivity contribution in [3.8, 4) is 5.75 Å². The van der Waals surface area contributed by atoms with E-state index in [2.05, 4.69) is 5.32 Å². The van der Waals surface area contributed by atoms with E-state index >= 15 is 0 Å². The van der Waals surface area contributed by atoms with Gasteiger partial charge >= 0.3 is 5.97 Å². The number of nitrogens with one attached hydrogen (secondary N) is 1.